The molecule has 0 bridgehead atoms. The van der Waals surface area contributed by atoms with Crippen molar-refractivity contribution >= 4 is 38.6 Å². The minimum absolute atomic E-state index is 0.0164. The van der Waals surface area contributed by atoms with E-state index in [4.69, 9.17) is 11.6 Å². The van der Waals surface area contributed by atoms with Crippen LogP contribution in [0.5, 0.6) is 0 Å². The van der Waals surface area contributed by atoms with Gasteiger partial charge in [0.15, 0.2) is 0 Å². The minimum Gasteiger partial charge on any atom is -0.279 e. The molecule has 0 spiro atoms. The molecule has 0 aliphatic carbocycles. The number of H-pyrrole nitrogens is 1. The van der Waals surface area contributed by atoms with Crippen LogP contribution in [0.3, 0.4) is 0 Å². The molecular formula is C15H11ClF3N3O2S2. The number of rotatable bonds is 4. The Morgan fingerprint density at radius 2 is 1.96 bits per heavy atom. The van der Waals surface area contributed by atoms with Gasteiger partial charge in [-0.2, -0.15) is 18.3 Å². The largest absolute Gasteiger partial charge is 0.432 e. The predicted molar refractivity (Wildman–Crippen MR) is 93.9 cm³/mol. The summed E-state index contributed by atoms with van der Waals surface area (Å²) in [5.41, 5.74) is -0.0936. The molecule has 0 radical (unpaired) electrons. The van der Waals surface area contributed by atoms with Gasteiger partial charge in [0.25, 0.3) is 10.0 Å². The highest BCUT2D eigenvalue weighted by Crippen LogP contribution is 2.35. The molecule has 3 aromatic rings. The fourth-order valence-electron chi connectivity index (χ4n) is 2.11. The van der Waals surface area contributed by atoms with E-state index < -0.39 is 21.9 Å². The van der Waals surface area contributed by atoms with Crippen molar-refractivity contribution in [2.45, 2.75) is 17.3 Å². The van der Waals surface area contributed by atoms with Crippen molar-refractivity contribution in [3.63, 3.8) is 0 Å². The van der Waals surface area contributed by atoms with Gasteiger partial charge in [0, 0.05) is 5.02 Å². The van der Waals surface area contributed by atoms with Crippen molar-refractivity contribution in [3.8, 4) is 10.6 Å². The summed E-state index contributed by atoms with van der Waals surface area (Å²) >= 11 is 6.79. The van der Waals surface area contributed by atoms with Gasteiger partial charge in [-0.25, -0.2) is 8.42 Å². The van der Waals surface area contributed by atoms with Crippen LogP contribution in [-0.4, -0.2) is 18.6 Å². The Labute approximate surface area is 155 Å². The second kappa shape index (κ2) is 6.60. The number of benzene rings is 1. The van der Waals surface area contributed by atoms with Crippen LogP contribution in [0.2, 0.25) is 5.02 Å². The normalized spacial score (nSPS) is 12.3. The Bertz CT molecular complexity index is 1060. The Kier molecular flexibility index (Phi) is 4.76. The van der Waals surface area contributed by atoms with Crippen LogP contribution in [0.1, 0.15) is 11.3 Å². The smallest absolute Gasteiger partial charge is 0.279 e. The summed E-state index contributed by atoms with van der Waals surface area (Å²) in [5, 5.41) is 5.90. The maximum atomic E-state index is 12.6. The maximum absolute atomic E-state index is 12.6. The molecule has 1 aromatic carbocycles. The van der Waals surface area contributed by atoms with Crippen molar-refractivity contribution in [3.05, 3.63) is 52.7 Å². The average molecular weight is 422 g/mol. The highest BCUT2D eigenvalue weighted by Gasteiger charge is 2.33. The first-order valence-electron chi connectivity index (χ1n) is 7.09. The first-order valence-corrected chi connectivity index (χ1v) is 9.76. The van der Waals surface area contributed by atoms with Crippen LogP contribution in [0.15, 0.2) is 40.6 Å². The number of alkyl halides is 3. The molecule has 0 saturated heterocycles. The van der Waals surface area contributed by atoms with Crippen molar-refractivity contribution < 1.29 is 21.6 Å². The van der Waals surface area contributed by atoms with Gasteiger partial charge in [-0.3, -0.25) is 9.82 Å². The Balaban J connectivity index is 1.89. The topological polar surface area (TPSA) is 74.8 Å². The maximum Gasteiger partial charge on any atom is 0.432 e. The van der Waals surface area contributed by atoms with Gasteiger partial charge in [-0.1, -0.05) is 17.7 Å². The molecular weight excluding hydrogens is 411 g/mol. The summed E-state index contributed by atoms with van der Waals surface area (Å²) in [4.78, 5) is 0.292. The molecule has 26 heavy (non-hydrogen) atoms. The molecule has 0 saturated carbocycles. The van der Waals surface area contributed by atoms with Crippen molar-refractivity contribution in [1.82, 2.24) is 10.2 Å². The average Bonchev–Trinajstić information content (AvgIpc) is 3.19. The summed E-state index contributed by atoms with van der Waals surface area (Å²) in [6, 6.07) is 8.35. The number of aromatic nitrogens is 2. The first kappa shape index (κ1) is 18.7. The lowest BCUT2D eigenvalue weighted by atomic mass is 10.2. The van der Waals surface area contributed by atoms with Gasteiger partial charge < -0.3 is 0 Å². The molecule has 0 aliphatic rings. The Morgan fingerprint density at radius 3 is 2.62 bits per heavy atom. The summed E-state index contributed by atoms with van der Waals surface area (Å²) < 4.78 is 65.3. The molecule has 0 atom stereocenters. The van der Waals surface area contributed by atoms with Gasteiger partial charge in [0.2, 0.25) is 0 Å². The summed E-state index contributed by atoms with van der Waals surface area (Å²) in [6.07, 6.45) is -4.55. The molecule has 0 aliphatic heterocycles. The molecule has 11 heteroatoms. The Hall–Kier alpha value is -2.04. The zero-order valence-electron chi connectivity index (χ0n) is 13.1. The number of aromatic amines is 1. The zero-order valence-corrected chi connectivity index (χ0v) is 15.4. The first-order chi connectivity index (χ1) is 12.1. The third-order valence-electron chi connectivity index (χ3n) is 3.49. The second-order valence-corrected chi connectivity index (χ2v) is 8.70. The number of hydrogen-bond acceptors (Lipinski definition) is 4. The number of hydrogen-bond donors (Lipinski definition) is 2. The van der Waals surface area contributed by atoms with E-state index in [9.17, 15) is 21.6 Å². The molecule has 2 N–H and O–H groups in total. The monoisotopic (exact) mass is 421 g/mol. The lowest BCUT2D eigenvalue weighted by molar-refractivity contribution is -0.141. The number of halogens is 4. The van der Waals surface area contributed by atoms with E-state index in [0.717, 1.165) is 17.4 Å². The van der Waals surface area contributed by atoms with Crippen LogP contribution >= 0.6 is 22.9 Å². The van der Waals surface area contributed by atoms with Crippen molar-refractivity contribution in [2.24, 2.45) is 0 Å². The van der Waals surface area contributed by atoms with Gasteiger partial charge in [0.1, 0.15) is 15.6 Å². The van der Waals surface area contributed by atoms with E-state index in [-0.39, 0.29) is 9.90 Å². The van der Waals surface area contributed by atoms with E-state index in [0.29, 0.717) is 21.2 Å². The van der Waals surface area contributed by atoms with E-state index in [1.165, 1.54) is 12.1 Å². The number of anilines is 1. The molecule has 138 valence electrons. The van der Waals surface area contributed by atoms with Crippen LogP contribution in [0.4, 0.5) is 18.9 Å². The quantitative estimate of drug-likeness (QED) is 0.627. The molecule has 0 amide bonds. The van der Waals surface area contributed by atoms with E-state index in [2.05, 4.69) is 9.82 Å². The summed E-state index contributed by atoms with van der Waals surface area (Å²) in [5.74, 6) is 0. The van der Waals surface area contributed by atoms with E-state index in [1.807, 2.05) is 5.10 Å². The Morgan fingerprint density at radius 1 is 1.23 bits per heavy atom. The van der Waals surface area contributed by atoms with Crippen molar-refractivity contribution in [1.29, 1.82) is 0 Å². The summed E-state index contributed by atoms with van der Waals surface area (Å²) in [6.45, 7) is 1.67. The highest BCUT2D eigenvalue weighted by atomic mass is 35.5. The molecule has 0 unspecified atom stereocenters. The van der Waals surface area contributed by atoms with E-state index >= 15 is 0 Å². The third kappa shape index (κ3) is 3.71. The zero-order chi connectivity index (χ0) is 19.1. The van der Waals surface area contributed by atoms with Crippen molar-refractivity contribution in [2.75, 3.05) is 4.72 Å². The van der Waals surface area contributed by atoms with Crippen LogP contribution in [0, 0.1) is 6.92 Å². The lowest BCUT2D eigenvalue weighted by Gasteiger charge is -2.10. The summed E-state index contributed by atoms with van der Waals surface area (Å²) in [7, 11) is -3.91. The van der Waals surface area contributed by atoms with Gasteiger partial charge in [0.05, 0.1) is 10.6 Å². The lowest BCUT2D eigenvalue weighted by Crippen LogP contribution is -2.12. The van der Waals surface area contributed by atoms with Crippen LogP contribution < -0.4 is 4.72 Å². The predicted octanol–water partition coefficient (Wildman–Crippen LogP) is 4.92. The number of nitrogens with one attached hydrogen (secondary N) is 2. The number of nitrogens with zero attached hydrogens (tertiary/aromatic N) is 1. The van der Waals surface area contributed by atoms with Gasteiger partial charge in [-0.15, -0.1) is 11.3 Å². The molecule has 2 aromatic heterocycles. The second-order valence-electron chi connectivity index (χ2n) is 5.30. The molecule has 3 rings (SSSR count). The molecule has 5 nitrogen and oxygen atoms in total. The number of sulfonamides is 1. The third-order valence-corrected chi connectivity index (χ3v) is 6.87. The fraction of sp³-hybridized carbons (Fsp3) is 0.133. The standard InChI is InChI=1S/C15H11ClF3N3O2S2/c1-8-9(16)3-2-4-10(8)22-26(23,24)14-6-5-12(25-14)11-7-13(21-20-11)15(17,18)19/h2-7,22H,1H3,(H,20,21). The van der Waals surface area contributed by atoms with Crippen LogP contribution in [-0.2, 0) is 16.2 Å². The van der Waals surface area contributed by atoms with Crippen LogP contribution in [0.25, 0.3) is 10.6 Å². The fourth-order valence-corrected chi connectivity index (χ4v) is 4.67. The highest BCUT2D eigenvalue weighted by molar-refractivity contribution is 7.94. The van der Waals surface area contributed by atoms with E-state index in [1.54, 1.807) is 25.1 Å². The van der Waals surface area contributed by atoms with Gasteiger partial charge in [-0.05, 0) is 42.8 Å². The molecule has 2 heterocycles. The minimum atomic E-state index is -4.55. The van der Waals surface area contributed by atoms with Gasteiger partial charge >= 0.3 is 6.18 Å². The number of thiophene rings is 1. The SMILES string of the molecule is Cc1c(Cl)cccc1NS(=O)(=O)c1ccc(-c2cc(C(F)(F)F)[nH]n2)s1. The molecule has 0 fully saturated rings.